The number of benzene rings is 2. The molecule has 2 N–H and O–H groups in total. The summed E-state index contributed by atoms with van der Waals surface area (Å²) in [7, 11) is 1.58. The molecule has 0 saturated carbocycles. The standard InChI is InChI=1S/C27H28N2O4S/c1-18(16-31-2)33-27(30)14-21-5-3-4-6-25(21)32-17-19-11-24(23-8-10-34-26(23)12-19)20-7-9-29-22(13-20)15-28/h3-13,18H,14-17,28H2,1-2H3. The molecular formula is C27H28N2O4S. The van der Waals surface area contributed by atoms with Crippen molar-refractivity contribution in [3.05, 3.63) is 83.0 Å². The van der Waals surface area contributed by atoms with Crippen LogP contribution in [-0.4, -0.2) is 30.8 Å². The number of hydrogen-bond donors (Lipinski definition) is 1. The Morgan fingerprint density at radius 2 is 2.00 bits per heavy atom. The molecule has 7 heteroatoms. The number of fused-ring (bicyclic) bond motifs is 1. The van der Waals surface area contributed by atoms with Crippen LogP contribution in [0.5, 0.6) is 5.75 Å². The third-order valence-corrected chi connectivity index (χ3v) is 6.27. The topological polar surface area (TPSA) is 83.7 Å². The monoisotopic (exact) mass is 476 g/mol. The van der Waals surface area contributed by atoms with Crippen LogP contribution >= 0.6 is 11.3 Å². The van der Waals surface area contributed by atoms with E-state index in [2.05, 4.69) is 28.6 Å². The zero-order valence-electron chi connectivity index (χ0n) is 19.3. The van der Waals surface area contributed by atoms with E-state index in [1.165, 1.54) is 10.1 Å². The third kappa shape index (κ3) is 5.80. The summed E-state index contributed by atoms with van der Waals surface area (Å²) < 4.78 is 17.8. The number of carbonyl (C=O) groups is 1. The molecule has 0 aliphatic carbocycles. The number of methoxy groups -OCH3 is 1. The lowest BCUT2D eigenvalue weighted by atomic mass is 9.99. The van der Waals surface area contributed by atoms with Gasteiger partial charge in [0.25, 0.3) is 0 Å². The molecule has 6 nitrogen and oxygen atoms in total. The van der Waals surface area contributed by atoms with Crippen LogP contribution in [0.15, 0.2) is 66.2 Å². The highest BCUT2D eigenvalue weighted by Gasteiger charge is 2.14. The highest BCUT2D eigenvalue weighted by atomic mass is 32.1. The molecule has 0 aliphatic heterocycles. The Balaban J connectivity index is 1.54. The summed E-state index contributed by atoms with van der Waals surface area (Å²) in [4.78, 5) is 16.7. The van der Waals surface area contributed by atoms with Crippen LogP contribution in [0.25, 0.3) is 21.2 Å². The number of aromatic nitrogens is 1. The van der Waals surface area contributed by atoms with Crippen LogP contribution in [0, 0.1) is 0 Å². The molecule has 0 bridgehead atoms. The van der Waals surface area contributed by atoms with Gasteiger partial charge in [-0.15, -0.1) is 11.3 Å². The average Bonchev–Trinajstić information content (AvgIpc) is 3.32. The second kappa shape index (κ2) is 11.2. The van der Waals surface area contributed by atoms with E-state index in [4.69, 9.17) is 19.9 Å². The van der Waals surface area contributed by atoms with Crippen LogP contribution in [0.1, 0.15) is 23.7 Å². The predicted molar refractivity (Wildman–Crippen MR) is 135 cm³/mol. The number of rotatable bonds is 10. The van der Waals surface area contributed by atoms with Crippen molar-refractivity contribution in [1.82, 2.24) is 4.98 Å². The van der Waals surface area contributed by atoms with Gasteiger partial charge in [0.15, 0.2) is 0 Å². The number of hydrogen-bond acceptors (Lipinski definition) is 7. The molecule has 2 heterocycles. The molecular weight excluding hydrogens is 448 g/mol. The highest BCUT2D eigenvalue weighted by molar-refractivity contribution is 7.17. The van der Waals surface area contributed by atoms with Crippen LogP contribution in [0.3, 0.4) is 0 Å². The first-order valence-corrected chi connectivity index (χ1v) is 12.0. The zero-order valence-corrected chi connectivity index (χ0v) is 20.1. The Morgan fingerprint density at radius 3 is 2.82 bits per heavy atom. The summed E-state index contributed by atoms with van der Waals surface area (Å²) in [6.45, 7) is 2.94. The Morgan fingerprint density at radius 1 is 1.15 bits per heavy atom. The van der Waals surface area contributed by atoms with Crippen molar-refractivity contribution in [1.29, 1.82) is 0 Å². The highest BCUT2D eigenvalue weighted by Crippen LogP contribution is 2.34. The summed E-state index contributed by atoms with van der Waals surface area (Å²) in [6.07, 6.45) is 1.63. The summed E-state index contributed by atoms with van der Waals surface area (Å²) in [5.41, 5.74) is 10.7. The fraction of sp³-hybridized carbons (Fsp3) is 0.259. The molecule has 0 spiro atoms. The fourth-order valence-corrected chi connectivity index (χ4v) is 4.73. The lowest BCUT2D eigenvalue weighted by Crippen LogP contribution is -2.21. The van der Waals surface area contributed by atoms with E-state index < -0.39 is 0 Å². The van der Waals surface area contributed by atoms with Crippen molar-refractivity contribution in [2.24, 2.45) is 5.73 Å². The lowest BCUT2D eigenvalue weighted by molar-refractivity contribution is -0.149. The molecule has 1 unspecified atom stereocenters. The van der Waals surface area contributed by atoms with Crippen LogP contribution < -0.4 is 10.5 Å². The van der Waals surface area contributed by atoms with E-state index in [-0.39, 0.29) is 18.5 Å². The van der Waals surface area contributed by atoms with Crippen LogP contribution in [0.2, 0.25) is 0 Å². The molecule has 4 rings (SSSR count). The van der Waals surface area contributed by atoms with E-state index >= 15 is 0 Å². The maximum Gasteiger partial charge on any atom is 0.310 e. The van der Waals surface area contributed by atoms with Crippen molar-refractivity contribution in [3.8, 4) is 16.9 Å². The van der Waals surface area contributed by atoms with E-state index in [1.807, 2.05) is 36.4 Å². The van der Waals surface area contributed by atoms with Crippen molar-refractivity contribution < 1.29 is 19.0 Å². The molecule has 0 aliphatic rings. The molecule has 0 radical (unpaired) electrons. The molecule has 2 aromatic heterocycles. The first kappa shape index (κ1) is 23.9. The maximum absolute atomic E-state index is 12.3. The quantitative estimate of drug-likeness (QED) is 0.320. The maximum atomic E-state index is 12.3. The molecule has 4 aromatic rings. The normalized spacial score (nSPS) is 12.0. The van der Waals surface area contributed by atoms with Crippen molar-refractivity contribution in [2.75, 3.05) is 13.7 Å². The largest absolute Gasteiger partial charge is 0.489 e. The Bertz CT molecular complexity index is 1270. The smallest absolute Gasteiger partial charge is 0.310 e. The van der Waals surface area contributed by atoms with E-state index in [9.17, 15) is 4.79 Å². The second-order valence-corrected chi connectivity index (χ2v) is 8.99. The van der Waals surface area contributed by atoms with Gasteiger partial charge in [-0.2, -0.15) is 0 Å². The van der Waals surface area contributed by atoms with E-state index in [0.717, 1.165) is 27.9 Å². The summed E-state index contributed by atoms with van der Waals surface area (Å²) in [5.74, 6) is 0.359. The minimum absolute atomic E-state index is 0.137. The van der Waals surface area contributed by atoms with Crippen molar-refractivity contribution in [2.45, 2.75) is 32.6 Å². The summed E-state index contributed by atoms with van der Waals surface area (Å²) >= 11 is 1.70. The summed E-state index contributed by atoms with van der Waals surface area (Å²) in [5, 5.41) is 3.28. The number of carbonyl (C=O) groups excluding carboxylic acids is 1. The average molecular weight is 477 g/mol. The molecule has 0 saturated heterocycles. The molecule has 176 valence electrons. The number of esters is 1. The van der Waals surface area contributed by atoms with Gasteiger partial charge in [-0.1, -0.05) is 18.2 Å². The van der Waals surface area contributed by atoms with Crippen molar-refractivity contribution >= 4 is 27.4 Å². The van der Waals surface area contributed by atoms with Gasteiger partial charge in [0.1, 0.15) is 18.5 Å². The third-order valence-electron chi connectivity index (χ3n) is 5.40. The Kier molecular flexibility index (Phi) is 7.90. The number of nitrogens with zero attached hydrogens (tertiary/aromatic N) is 1. The lowest BCUT2D eigenvalue weighted by Gasteiger charge is -2.15. The van der Waals surface area contributed by atoms with Gasteiger partial charge in [-0.25, -0.2) is 0 Å². The molecule has 34 heavy (non-hydrogen) atoms. The number of thiophene rings is 1. The van der Waals surface area contributed by atoms with E-state index in [0.29, 0.717) is 25.5 Å². The van der Waals surface area contributed by atoms with Gasteiger partial charge in [0.2, 0.25) is 0 Å². The van der Waals surface area contributed by atoms with Crippen LogP contribution in [0.4, 0.5) is 0 Å². The second-order valence-electron chi connectivity index (χ2n) is 8.04. The molecule has 1 atom stereocenters. The van der Waals surface area contributed by atoms with Gasteiger partial charge < -0.3 is 19.9 Å². The minimum atomic E-state index is -0.309. The SMILES string of the molecule is COCC(C)OC(=O)Cc1ccccc1OCc1cc(-c2ccnc(CN)c2)c2ccsc2c1. The number of pyridine rings is 1. The summed E-state index contributed by atoms with van der Waals surface area (Å²) in [6, 6.07) is 18.0. The van der Waals surface area contributed by atoms with Gasteiger partial charge in [-0.3, -0.25) is 9.78 Å². The van der Waals surface area contributed by atoms with E-state index in [1.54, 1.807) is 31.6 Å². The molecule has 0 amide bonds. The Hall–Kier alpha value is -3.26. The van der Waals surface area contributed by atoms with Gasteiger partial charge in [0, 0.05) is 35.5 Å². The molecule has 2 aromatic carbocycles. The predicted octanol–water partition coefficient (Wildman–Crippen LogP) is 5.12. The number of para-hydroxylation sites is 1. The first-order chi connectivity index (χ1) is 16.6. The van der Waals surface area contributed by atoms with Crippen LogP contribution in [-0.2, 0) is 33.8 Å². The minimum Gasteiger partial charge on any atom is -0.489 e. The van der Waals surface area contributed by atoms with Crippen molar-refractivity contribution in [3.63, 3.8) is 0 Å². The van der Waals surface area contributed by atoms with Gasteiger partial charge in [0.05, 0.1) is 18.7 Å². The van der Waals surface area contributed by atoms with Gasteiger partial charge in [-0.05, 0) is 65.4 Å². The number of nitrogens with two attached hydrogens (primary N) is 1. The first-order valence-electron chi connectivity index (χ1n) is 11.1. The molecule has 0 fully saturated rings. The fourth-order valence-electron chi connectivity index (χ4n) is 3.85. The number of ether oxygens (including phenoxy) is 3. The van der Waals surface area contributed by atoms with Gasteiger partial charge >= 0.3 is 5.97 Å². The zero-order chi connectivity index (χ0) is 23.9. The Labute approximate surface area is 203 Å².